The second-order valence-electron chi connectivity index (χ2n) is 4.34. The number of hydrogen-bond acceptors (Lipinski definition) is 4. The zero-order valence-electron chi connectivity index (χ0n) is 10.3. The molecule has 0 saturated carbocycles. The first-order valence-corrected chi connectivity index (χ1v) is 6.06. The number of aromatic nitrogens is 1. The smallest absolute Gasteiger partial charge is 0.414 e. The Morgan fingerprint density at radius 2 is 2.11 bits per heavy atom. The topological polar surface area (TPSA) is 83.2 Å². The fraction of sp³-hybridized carbons (Fsp3) is 0.231. The second-order valence-corrected chi connectivity index (χ2v) is 4.34. The third kappa shape index (κ3) is 2.17. The molecule has 1 amide bonds. The number of nitrogens with zero attached hydrogens (tertiary/aromatic N) is 2. The number of benzene rings is 1. The summed E-state index contributed by atoms with van der Waals surface area (Å²) in [5, 5.41) is 3.87. The molecule has 0 radical (unpaired) electrons. The van der Waals surface area contributed by atoms with Gasteiger partial charge in [0.25, 0.3) is 0 Å². The van der Waals surface area contributed by atoms with Crippen LogP contribution in [-0.4, -0.2) is 30.4 Å². The molecule has 1 aromatic carbocycles. The van der Waals surface area contributed by atoms with E-state index in [-0.39, 0.29) is 12.2 Å². The number of cyclic esters (lactones) is 1. The van der Waals surface area contributed by atoms with Crippen LogP contribution < -0.4 is 10.6 Å². The maximum Gasteiger partial charge on any atom is 0.414 e. The van der Waals surface area contributed by atoms with Gasteiger partial charge in [-0.15, -0.1) is 0 Å². The van der Waals surface area contributed by atoms with Crippen LogP contribution in [-0.2, 0) is 4.74 Å². The summed E-state index contributed by atoms with van der Waals surface area (Å²) in [6.45, 7) is 1.13. The van der Waals surface area contributed by atoms with Crippen LogP contribution in [0.3, 0.4) is 0 Å². The molecule has 3 N–H and O–H groups in total. The van der Waals surface area contributed by atoms with Crippen molar-refractivity contribution in [2.75, 3.05) is 18.0 Å². The number of amides is 1. The van der Waals surface area contributed by atoms with Crippen LogP contribution in [0.2, 0.25) is 0 Å². The Morgan fingerprint density at radius 1 is 1.32 bits per heavy atom. The molecule has 1 saturated heterocycles. The second kappa shape index (κ2) is 4.74. The fourth-order valence-electron chi connectivity index (χ4n) is 2.06. The molecule has 0 aliphatic carbocycles. The molecule has 1 atom stereocenters. The van der Waals surface area contributed by atoms with E-state index in [1.807, 2.05) is 24.3 Å². The van der Waals surface area contributed by atoms with Crippen LogP contribution in [0.15, 0.2) is 41.1 Å². The number of ether oxygens (including phenoxy) is 1. The average molecular weight is 260 g/mol. The Bertz CT molecular complexity index is 565. The number of anilines is 1. The molecule has 0 spiro atoms. The SMILES string of the molecule is [NH3+]C[C@H]1CN(c2ccc(-c3ccon3)cc2)C(=O)O1. The minimum Gasteiger partial charge on any atom is -0.438 e. The van der Waals surface area contributed by atoms with Gasteiger partial charge in [0.05, 0.1) is 6.54 Å². The van der Waals surface area contributed by atoms with Gasteiger partial charge in [0, 0.05) is 17.3 Å². The predicted octanol–water partition coefficient (Wildman–Crippen LogP) is 0.909. The zero-order chi connectivity index (χ0) is 13.2. The van der Waals surface area contributed by atoms with E-state index in [0.717, 1.165) is 16.9 Å². The van der Waals surface area contributed by atoms with Crippen molar-refractivity contribution in [1.82, 2.24) is 5.16 Å². The van der Waals surface area contributed by atoms with E-state index in [4.69, 9.17) is 9.26 Å². The highest BCUT2D eigenvalue weighted by atomic mass is 16.6. The monoisotopic (exact) mass is 260 g/mol. The quantitative estimate of drug-likeness (QED) is 0.889. The number of carbonyl (C=O) groups is 1. The molecule has 2 heterocycles. The van der Waals surface area contributed by atoms with Crippen LogP contribution >= 0.6 is 0 Å². The summed E-state index contributed by atoms with van der Waals surface area (Å²) in [7, 11) is 0. The lowest BCUT2D eigenvalue weighted by atomic mass is 10.1. The van der Waals surface area contributed by atoms with Gasteiger partial charge in [-0.25, -0.2) is 4.79 Å². The summed E-state index contributed by atoms with van der Waals surface area (Å²) in [4.78, 5) is 13.3. The summed E-state index contributed by atoms with van der Waals surface area (Å²) in [5.74, 6) is 0. The van der Waals surface area contributed by atoms with Gasteiger partial charge < -0.3 is 15.0 Å². The zero-order valence-corrected chi connectivity index (χ0v) is 10.3. The lowest BCUT2D eigenvalue weighted by Gasteiger charge is -2.12. The fourth-order valence-corrected chi connectivity index (χ4v) is 2.06. The third-order valence-corrected chi connectivity index (χ3v) is 3.11. The number of carbonyl (C=O) groups excluding carboxylic acids is 1. The minimum atomic E-state index is -0.317. The first kappa shape index (κ1) is 11.7. The number of hydrogen-bond donors (Lipinski definition) is 1. The van der Waals surface area contributed by atoms with E-state index < -0.39 is 0 Å². The van der Waals surface area contributed by atoms with Crippen LogP contribution in [0.5, 0.6) is 0 Å². The Labute approximate surface area is 109 Å². The first-order valence-electron chi connectivity index (χ1n) is 6.06. The lowest BCUT2D eigenvalue weighted by Crippen LogP contribution is -2.56. The summed E-state index contributed by atoms with van der Waals surface area (Å²) in [6, 6.07) is 9.33. The molecule has 19 heavy (non-hydrogen) atoms. The molecule has 6 heteroatoms. The number of quaternary nitrogens is 1. The lowest BCUT2D eigenvalue weighted by molar-refractivity contribution is -0.380. The van der Waals surface area contributed by atoms with Gasteiger partial charge >= 0.3 is 6.09 Å². The predicted molar refractivity (Wildman–Crippen MR) is 67.3 cm³/mol. The van der Waals surface area contributed by atoms with Crippen LogP contribution in [0.25, 0.3) is 11.3 Å². The molecule has 0 unspecified atom stereocenters. The molecule has 1 fully saturated rings. The van der Waals surface area contributed by atoms with Gasteiger partial charge in [-0.2, -0.15) is 0 Å². The Morgan fingerprint density at radius 3 is 2.68 bits per heavy atom. The van der Waals surface area contributed by atoms with Crippen LogP contribution in [0.1, 0.15) is 0 Å². The van der Waals surface area contributed by atoms with E-state index in [1.54, 1.807) is 11.0 Å². The van der Waals surface area contributed by atoms with E-state index >= 15 is 0 Å². The van der Waals surface area contributed by atoms with E-state index in [0.29, 0.717) is 13.1 Å². The summed E-state index contributed by atoms with van der Waals surface area (Å²) >= 11 is 0. The van der Waals surface area contributed by atoms with Gasteiger partial charge in [0.15, 0.2) is 6.10 Å². The van der Waals surface area contributed by atoms with Crippen LogP contribution in [0.4, 0.5) is 10.5 Å². The third-order valence-electron chi connectivity index (χ3n) is 3.11. The molecule has 1 aromatic heterocycles. The molecule has 1 aliphatic rings. The largest absolute Gasteiger partial charge is 0.438 e. The van der Waals surface area contributed by atoms with Gasteiger partial charge in [0.2, 0.25) is 0 Å². The van der Waals surface area contributed by atoms with Crippen molar-refractivity contribution >= 4 is 11.8 Å². The molecule has 98 valence electrons. The molecule has 6 nitrogen and oxygen atoms in total. The highest BCUT2D eigenvalue weighted by Gasteiger charge is 2.32. The standard InChI is InChI=1S/C13H13N3O3/c14-7-11-8-16(13(17)19-11)10-3-1-9(2-4-10)12-5-6-18-15-12/h1-6,11H,7-8,14H2/p+1/t11-/m0/s1. The van der Waals surface area contributed by atoms with Crippen molar-refractivity contribution in [2.24, 2.45) is 0 Å². The van der Waals surface area contributed by atoms with E-state index in [2.05, 4.69) is 10.9 Å². The van der Waals surface area contributed by atoms with Crippen molar-refractivity contribution in [3.05, 3.63) is 36.6 Å². The minimum absolute atomic E-state index is 0.122. The summed E-state index contributed by atoms with van der Waals surface area (Å²) in [5.41, 5.74) is 6.28. The average Bonchev–Trinajstić information content (AvgIpc) is 3.08. The summed E-state index contributed by atoms with van der Waals surface area (Å²) < 4.78 is 9.98. The van der Waals surface area contributed by atoms with Gasteiger partial charge in [-0.05, 0) is 12.1 Å². The highest BCUT2D eigenvalue weighted by Crippen LogP contribution is 2.25. The maximum absolute atomic E-state index is 11.7. The molecule has 2 aromatic rings. The first-order chi connectivity index (χ1) is 9.28. The van der Waals surface area contributed by atoms with Crippen molar-refractivity contribution in [3.63, 3.8) is 0 Å². The Hall–Kier alpha value is -2.34. The molecular formula is C13H14N3O3+. The van der Waals surface area contributed by atoms with Crippen molar-refractivity contribution in [3.8, 4) is 11.3 Å². The molecule has 0 bridgehead atoms. The van der Waals surface area contributed by atoms with Crippen molar-refractivity contribution in [1.29, 1.82) is 0 Å². The van der Waals surface area contributed by atoms with Gasteiger partial charge in [0.1, 0.15) is 18.5 Å². The van der Waals surface area contributed by atoms with Crippen molar-refractivity contribution < 1.29 is 19.8 Å². The number of rotatable bonds is 3. The van der Waals surface area contributed by atoms with Gasteiger partial charge in [-0.3, -0.25) is 4.90 Å². The van der Waals surface area contributed by atoms with Crippen molar-refractivity contribution in [2.45, 2.75) is 6.10 Å². The van der Waals surface area contributed by atoms with E-state index in [9.17, 15) is 4.79 Å². The Balaban J connectivity index is 1.81. The molecule has 3 rings (SSSR count). The summed E-state index contributed by atoms with van der Waals surface area (Å²) in [6.07, 6.45) is 1.09. The highest BCUT2D eigenvalue weighted by molar-refractivity contribution is 5.90. The van der Waals surface area contributed by atoms with Crippen LogP contribution in [0, 0.1) is 0 Å². The van der Waals surface area contributed by atoms with E-state index in [1.165, 1.54) is 6.26 Å². The Kier molecular flexibility index (Phi) is 2.92. The molecular weight excluding hydrogens is 246 g/mol. The normalized spacial score (nSPS) is 18.7. The molecule has 1 aliphatic heterocycles. The maximum atomic E-state index is 11.7. The van der Waals surface area contributed by atoms with Gasteiger partial charge in [-0.1, -0.05) is 17.3 Å².